The molecule has 0 bridgehead atoms. The van der Waals surface area contributed by atoms with Gasteiger partial charge in [0, 0.05) is 11.1 Å². The first kappa shape index (κ1) is 6.91. The number of nitrogens with two attached hydrogens (primary N) is 1. The molecule has 0 aromatic heterocycles. The lowest BCUT2D eigenvalue weighted by molar-refractivity contribution is -0.130. The molecule has 0 saturated carbocycles. The molecule has 2 rings (SSSR count). The number of carbonyl (C=O) groups is 1. The standard InChI is InChI=1S/C9H7NO2/c10-8-6-4-2-1-3-5(6)7(8)9(11)12/h1-4H,10H2,(H,11,12). The van der Waals surface area contributed by atoms with Gasteiger partial charge in [-0.2, -0.15) is 0 Å². The van der Waals surface area contributed by atoms with Crippen LogP contribution in [0.25, 0.3) is 11.3 Å². The monoisotopic (exact) mass is 161 g/mol. The van der Waals surface area contributed by atoms with Crippen molar-refractivity contribution in [2.75, 3.05) is 0 Å². The summed E-state index contributed by atoms with van der Waals surface area (Å²) in [5.74, 6) is -0.953. The van der Waals surface area contributed by atoms with Crippen LogP contribution in [-0.4, -0.2) is 11.1 Å². The van der Waals surface area contributed by atoms with Crippen molar-refractivity contribution in [3.63, 3.8) is 0 Å². The maximum atomic E-state index is 10.6. The third kappa shape index (κ3) is 0.676. The van der Waals surface area contributed by atoms with Gasteiger partial charge in [0.25, 0.3) is 0 Å². The lowest BCUT2D eigenvalue weighted by atomic mass is 9.85. The Morgan fingerprint density at radius 3 is 2.42 bits per heavy atom. The summed E-state index contributed by atoms with van der Waals surface area (Å²) in [6, 6.07) is 7.21. The Labute approximate surface area is 69.1 Å². The van der Waals surface area contributed by atoms with Gasteiger partial charge >= 0.3 is 5.97 Å². The minimum Gasteiger partial charge on any atom is -0.478 e. The third-order valence-corrected chi connectivity index (χ3v) is 1.97. The molecule has 0 amide bonds. The number of hydrogen-bond acceptors (Lipinski definition) is 2. The minimum atomic E-state index is -0.953. The number of carboxylic acid groups (broad SMARTS) is 1. The van der Waals surface area contributed by atoms with Crippen molar-refractivity contribution >= 4 is 17.2 Å². The van der Waals surface area contributed by atoms with E-state index >= 15 is 0 Å². The Hall–Kier alpha value is -1.77. The van der Waals surface area contributed by atoms with E-state index in [2.05, 4.69) is 0 Å². The summed E-state index contributed by atoms with van der Waals surface area (Å²) < 4.78 is 0. The first-order valence-corrected chi connectivity index (χ1v) is 3.54. The van der Waals surface area contributed by atoms with Gasteiger partial charge in [0.2, 0.25) is 0 Å². The molecule has 0 atom stereocenters. The molecule has 3 nitrogen and oxygen atoms in total. The molecule has 1 aromatic rings. The number of carboxylic acids is 1. The second-order valence-electron chi connectivity index (χ2n) is 2.64. The first-order chi connectivity index (χ1) is 5.72. The largest absolute Gasteiger partial charge is 0.478 e. The second-order valence-corrected chi connectivity index (χ2v) is 2.64. The minimum absolute atomic E-state index is 0.241. The van der Waals surface area contributed by atoms with E-state index in [0.717, 1.165) is 11.1 Å². The molecule has 0 unspecified atom stereocenters. The van der Waals surface area contributed by atoms with E-state index in [9.17, 15) is 4.79 Å². The molecule has 0 heterocycles. The first-order valence-electron chi connectivity index (χ1n) is 3.54. The van der Waals surface area contributed by atoms with E-state index in [1.807, 2.05) is 12.1 Å². The molecule has 0 radical (unpaired) electrons. The summed E-state index contributed by atoms with van der Waals surface area (Å²) in [5.41, 5.74) is 7.74. The highest BCUT2D eigenvalue weighted by Gasteiger charge is 2.27. The Balaban J connectivity index is 2.56. The molecule has 1 aliphatic carbocycles. The Bertz CT molecular complexity index is 393. The van der Waals surface area contributed by atoms with Gasteiger partial charge in [0.15, 0.2) is 0 Å². The zero-order valence-electron chi connectivity index (χ0n) is 6.24. The van der Waals surface area contributed by atoms with Gasteiger partial charge in [0.05, 0.1) is 11.3 Å². The van der Waals surface area contributed by atoms with Crippen LogP contribution in [0.3, 0.4) is 0 Å². The smallest absolute Gasteiger partial charge is 0.338 e. The lowest BCUT2D eigenvalue weighted by Crippen LogP contribution is -2.18. The zero-order valence-corrected chi connectivity index (χ0v) is 6.24. The molecule has 0 spiro atoms. The molecule has 1 aliphatic rings. The van der Waals surface area contributed by atoms with Gasteiger partial charge in [-0.25, -0.2) is 4.79 Å². The highest BCUT2D eigenvalue weighted by atomic mass is 16.4. The molecule has 0 saturated heterocycles. The molecule has 60 valence electrons. The maximum Gasteiger partial charge on any atom is 0.338 e. The van der Waals surface area contributed by atoms with Crippen molar-refractivity contribution in [1.82, 2.24) is 0 Å². The number of aliphatic carboxylic acids is 1. The SMILES string of the molecule is NC1=C(C(=O)O)c2ccccc21. The van der Waals surface area contributed by atoms with Gasteiger partial charge in [-0.1, -0.05) is 24.3 Å². The molecule has 12 heavy (non-hydrogen) atoms. The Morgan fingerprint density at radius 2 is 1.83 bits per heavy atom. The molecule has 3 heteroatoms. The quantitative estimate of drug-likeness (QED) is 0.643. The van der Waals surface area contributed by atoms with Crippen LogP contribution in [0, 0.1) is 0 Å². The average Bonchev–Trinajstić information content (AvgIpc) is 2.03. The normalized spacial score (nSPS) is 13.7. The predicted molar refractivity (Wildman–Crippen MR) is 45.1 cm³/mol. The molecule has 0 fully saturated rings. The van der Waals surface area contributed by atoms with Crippen molar-refractivity contribution in [2.24, 2.45) is 5.73 Å². The van der Waals surface area contributed by atoms with E-state index in [0.29, 0.717) is 5.70 Å². The number of rotatable bonds is 1. The second kappa shape index (κ2) is 2.11. The topological polar surface area (TPSA) is 63.3 Å². The summed E-state index contributed by atoms with van der Waals surface area (Å²) in [5, 5.41) is 8.71. The average molecular weight is 161 g/mol. The predicted octanol–water partition coefficient (Wildman–Crippen LogP) is 0.912. The summed E-state index contributed by atoms with van der Waals surface area (Å²) in [6.45, 7) is 0. The van der Waals surface area contributed by atoms with Gasteiger partial charge in [-0.05, 0) is 0 Å². The summed E-state index contributed by atoms with van der Waals surface area (Å²) in [4.78, 5) is 10.6. The number of benzene rings is 1. The van der Waals surface area contributed by atoms with Crippen LogP contribution in [0.5, 0.6) is 0 Å². The summed E-state index contributed by atoms with van der Waals surface area (Å²) in [7, 11) is 0. The highest BCUT2D eigenvalue weighted by molar-refractivity contribution is 6.29. The van der Waals surface area contributed by atoms with E-state index in [1.54, 1.807) is 12.1 Å². The van der Waals surface area contributed by atoms with Crippen LogP contribution in [0.1, 0.15) is 11.1 Å². The summed E-state index contributed by atoms with van der Waals surface area (Å²) >= 11 is 0. The van der Waals surface area contributed by atoms with Crippen LogP contribution in [0.2, 0.25) is 0 Å². The third-order valence-electron chi connectivity index (χ3n) is 1.97. The van der Waals surface area contributed by atoms with Crippen molar-refractivity contribution in [1.29, 1.82) is 0 Å². The van der Waals surface area contributed by atoms with Crippen LogP contribution in [0.4, 0.5) is 0 Å². The van der Waals surface area contributed by atoms with Crippen LogP contribution in [-0.2, 0) is 4.79 Å². The molecular weight excluding hydrogens is 154 g/mol. The van der Waals surface area contributed by atoms with Gasteiger partial charge < -0.3 is 10.8 Å². The van der Waals surface area contributed by atoms with E-state index in [-0.39, 0.29) is 5.57 Å². The molecule has 0 aliphatic heterocycles. The fourth-order valence-electron chi connectivity index (χ4n) is 1.38. The summed E-state index contributed by atoms with van der Waals surface area (Å²) in [6.07, 6.45) is 0. The van der Waals surface area contributed by atoms with Crippen molar-refractivity contribution in [3.05, 3.63) is 35.4 Å². The van der Waals surface area contributed by atoms with Crippen molar-refractivity contribution in [3.8, 4) is 0 Å². The number of fused-ring (bicyclic) bond motifs is 1. The fourth-order valence-corrected chi connectivity index (χ4v) is 1.38. The van der Waals surface area contributed by atoms with E-state index < -0.39 is 5.97 Å². The Kier molecular flexibility index (Phi) is 1.21. The van der Waals surface area contributed by atoms with Crippen LogP contribution < -0.4 is 5.73 Å². The lowest BCUT2D eigenvalue weighted by Gasteiger charge is -2.21. The maximum absolute atomic E-state index is 10.6. The number of hydrogen-bond donors (Lipinski definition) is 2. The zero-order chi connectivity index (χ0) is 8.72. The Morgan fingerprint density at radius 1 is 1.25 bits per heavy atom. The van der Waals surface area contributed by atoms with Crippen molar-refractivity contribution in [2.45, 2.75) is 0 Å². The van der Waals surface area contributed by atoms with Crippen molar-refractivity contribution < 1.29 is 9.90 Å². The van der Waals surface area contributed by atoms with E-state index in [1.165, 1.54) is 0 Å². The highest BCUT2D eigenvalue weighted by Crippen LogP contribution is 2.36. The molecule has 3 N–H and O–H groups in total. The molecular formula is C9H7NO2. The van der Waals surface area contributed by atoms with Gasteiger partial charge in [0.1, 0.15) is 0 Å². The fraction of sp³-hybridized carbons (Fsp3) is 0. The van der Waals surface area contributed by atoms with Gasteiger partial charge in [-0.15, -0.1) is 0 Å². The van der Waals surface area contributed by atoms with Crippen LogP contribution in [0.15, 0.2) is 24.3 Å². The van der Waals surface area contributed by atoms with Crippen LogP contribution >= 0.6 is 0 Å². The van der Waals surface area contributed by atoms with Gasteiger partial charge in [-0.3, -0.25) is 0 Å². The van der Waals surface area contributed by atoms with E-state index in [4.69, 9.17) is 10.8 Å². The molecule has 1 aromatic carbocycles.